The van der Waals surface area contributed by atoms with E-state index in [-0.39, 0.29) is 6.10 Å². The average Bonchev–Trinajstić information content (AvgIpc) is 2.42. The lowest BCUT2D eigenvalue weighted by atomic mass is 10.1. The predicted molar refractivity (Wildman–Crippen MR) is 67.7 cm³/mol. The Morgan fingerprint density at radius 3 is 2.75 bits per heavy atom. The SMILES string of the molecule is CC.CNc1cccc(C2CCCCO2)n1. The maximum atomic E-state index is 5.67. The summed E-state index contributed by atoms with van der Waals surface area (Å²) in [5.41, 5.74) is 1.05. The van der Waals surface area contributed by atoms with Crippen LogP contribution in [0.3, 0.4) is 0 Å². The molecule has 1 aromatic heterocycles. The van der Waals surface area contributed by atoms with Crippen molar-refractivity contribution in [2.75, 3.05) is 19.0 Å². The monoisotopic (exact) mass is 222 g/mol. The fourth-order valence-corrected chi connectivity index (χ4v) is 1.74. The third-order valence-electron chi connectivity index (χ3n) is 2.54. The first-order chi connectivity index (χ1) is 7.90. The van der Waals surface area contributed by atoms with Gasteiger partial charge in [-0.1, -0.05) is 19.9 Å². The van der Waals surface area contributed by atoms with Crippen LogP contribution in [0.2, 0.25) is 0 Å². The highest BCUT2D eigenvalue weighted by atomic mass is 16.5. The van der Waals surface area contributed by atoms with Gasteiger partial charge in [-0.15, -0.1) is 0 Å². The largest absolute Gasteiger partial charge is 0.373 e. The Morgan fingerprint density at radius 2 is 2.12 bits per heavy atom. The second-order valence-electron chi connectivity index (χ2n) is 3.55. The van der Waals surface area contributed by atoms with E-state index in [2.05, 4.69) is 10.3 Å². The maximum absolute atomic E-state index is 5.67. The molecule has 1 saturated heterocycles. The van der Waals surface area contributed by atoms with E-state index in [1.807, 2.05) is 39.1 Å². The fraction of sp³-hybridized carbons (Fsp3) is 0.615. The lowest BCUT2D eigenvalue weighted by molar-refractivity contribution is 0.0124. The molecule has 0 aliphatic carbocycles. The molecule has 16 heavy (non-hydrogen) atoms. The third-order valence-corrected chi connectivity index (χ3v) is 2.54. The van der Waals surface area contributed by atoms with Crippen LogP contribution in [0.15, 0.2) is 18.2 Å². The Kier molecular flexibility index (Phi) is 5.86. The third kappa shape index (κ3) is 3.49. The summed E-state index contributed by atoms with van der Waals surface area (Å²) in [7, 11) is 1.88. The van der Waals surface area contributed by atoms with E-state index in [0.717, 1.165) is 24.5 Å². The lowest BCUT2D eigenvalue weighted by Crippen LogP contribution is -2.13. The molecule has 3 nitrogen and oxygen atoms in total. The summed E-state index contributed by atoms with van der Waals surface area (Å²) < 4.78 is 5.67. The number of nitrogens with zero attached hydrogens (tertiary/aromatic N) is 1. The molecule has 90 valence electrons. The van der Waals surface area contributed by atoms with Crippen molar-refractivity contribution in [1.29, 1.82) is 0 Å². The molecule has 0 spiro atoms. The Morgan fingerprint density at radius 1 is 1.31 bits per heavy atom. The molecule has 0 radical (unpaired) electrons. The Labute approximate surface area is 98.2 Å². The van der Waals surface area contributed by atoms with Crippen LogP contribution in [0.4, 0.5) is 5.82 Å². The standard InChI is InChI=1S/C11H16N2O.C2H6/c1-12-11-7-4-5-9(13-11)10-6-2-3-8-14-10;1-2/h4-5,7,10H,2-3,6,8H2,1H3,(H,12,13);1-2H3. The molecular formula is C13H22N2O. The molecule has 1 aliphatic heterocycles. The molecule has 1 aromatic rings. The van der Waals surface area contributed by atoms with Crippen LogP contribution in [-0.4, -0.2) is 18.6 Å². The van der Waals surface area contributed by atoms with Crippen molar-refractivity contribution in [3.8, 4) is 0 Å². The van der Waals surface area contributed by atoms with Crippen LogP contribution >= 0.6 is 0 Å². The van der Waals surface area contributed by atoms with E-state index in [1.54, 1.807) is 0 Å². The number of anilines is 1. The van der Waals surface area contributed by atoms with E-state index in [9.17, 15) is 0 Å². The van der Waals surface area contributed by atoms with E-state index < -0.39 is 0 Å². The van der Waals surface area contributed by atoms with Crippen molar-refractivity contribution >= 4 is 5.82 Å². The summed E-state index contributed by atoms with van der Waals surface area (Å²) in [6.07, 6.45) is 3.73. The summed E-state index contributed by atoms with van der Waals surface area (Å²) in [6, 6.07) is 6.02. The Balaban J connectivity index is 0.000000606. The van der Waals surface area contributed by atoms with Crippen LogP contribution in [0.25, 0.3) is 0 Å². The van der Waals surface area contributed by atoms with Crippen molar-refractivity contribution in [2.45, 2.75) is 39.2 Å². The van der Waals surface area contributed by atoms with Crippen LogP contribution in [-0.2, 0) is 4.74 Å². The molecule has 1 fully saturated rings. The van der Waals surface area contributed by atoms with Gasteiger partial charge in [0.15, 0.2) is 0 Å². The van der Waals surface area contributed by atoms with E-state index in [1.165, 1.54) is 12.8 Å². The van der Waals surface area contributed by atoms with Crippen LogP contribution < -0.4 is 5.32 Å². The minimum absolute atomic E-state index is 0.206. The van der Waals surface area contributed by atoms with Gasteiger partial charge >= 0.3 is 0 Å². The van der Waals surface area contributed by atoms with Gasteiger partial charge in [0.05, 0.1) is 11.8 Å². The van der Waals surface area contributed by atoms with E-state index in [4.69, 9.17) is 4.74 Å². The van der Waals surface area contributed by atoms with Gasteiger partial charge in [0.25, 0.3) is 0 Å². The topological polar surface area (TPSA) is 34.1 Å². The number of hydrogen-bond donors (Lipinski definition) is 1. The number of ether oxygens (including phenoxy) is 1. The molecule has 0 saturated carbocycles. The smallest absolute Gasteiger partial charge is 0.126 e. The first kappa shape index (κ1) is 13.0. The van der Waals surface area contributed by atoms with Crippen molar-refractivity contribution < 1.29 is 4.74 Å². The van der Waals surface area contributed by atoms with Gasteiger partial charge in [0, 0.05) is 13.7 Å². The van der Waals surface area contributed by atoms with Crippen molar-refractivity contribution in [3.63, 3.8) is 0 Å². The van der Waals surface area contributed by atoms with Gasteiger partial charge in [-0.05, 0) is 31.4 Å². The van der Waals surface area contributed by atoms with Gasteiger partial charge < -0.3 is 10.1 Å². The molecule has 1 unspecified atom stereocenters. The number of hydrogen-bond acceptors (Lipinski definition) is 3. The number of aromatic nitrogens is 1. The minimum Gasteiger partial charge on any atom is -0.373 e. The highest BCUT2D eigenvalue weighted by molar-refractivity contribution is 5.34. The van der Waals surface area contributed by atoms with Crippen LogP contribution in [0.1, 0.15) is 44.9 Å². The van der Waals surface area contributed by atoms with Gasteiger partial charge in [-0.2, -0.15) is 0 Å². The molecular weight excluding hydrogens is 200 g/mol. The molecule has 1 atom stereocenters. The van der Waals surface area contributed by atoms with Crippen LogP contribution in [0.5, 0.6) is 0 Å². The molecule has 2 heterocycles. The van der Waals surface area contributed by atoms with Crippen LogP contribution in [0, 0.1) is 0 Å². The zero-order valence-electron chi connectivity index (χ0n) is 10.5. The lowest BCUT2D eigenvalue weighted by Gasteiger charge is -2.22. The first-order valence-electron chi connectivity index (χ1n) is 6.16. The van der Waals surface area contributed by atoms with Crippen molar-refractivity contribution in [2.24, 2.45) is 0 Å². The van der Waals surface area contributed by atoms with Gasteiger partial charge in [0.2, 0.25) is 0 Å². The molecule has 1 N–H and O–H groups in total. The molecule has 0 aromatic carbocycles. The highest BCUT2D eigenvalue weighted by Gasteiger charge is 2.17. The predicted octanol–water partition coefficient (Wildman–Crippen LogP) is 3.39. The summed E-state index contributed by atoms with van der Waals surface area (Å²) in [5.74, 6) is 0.914. The zero-order chi connectivity index (χ0) is 11.8. The second kappa shape index (κ2) is 7.23. The van der Waals surface area contributed by atoms with E-state index >= 15 is 0 Å². The number of rotatable bonds is 2. The maximum Gasteiger partial charge on any atom is 0.126 e. The molecule has 1 aliphatic rings. The van der Waals surface area contributed by atoms with Crippen molar-refractivity contribution in [1.82, 2.24) is 4.98 Å². The second-order valence-corrected chi connectivity index (χ2v) is 3.55. The highest BCUT2D eigenvalue weighted by Crippen LogP contribution is 2.26. The molecule has 0 bridgehead atoms. The molecule has 2 rings (SSSR count). The minimum atomic E-state index is 0.206. The normalized spacial score (nSPS) is 19.6. The zero-order valence-corrected chi connectivity index (χ0v) is 10.5. The fourth-order valence-electron chi connectivity index (χ4n) is 1.74. The summed E-state index contributed by atoms with van der Waals surface area (Å²) in [6.45, 7) is 4.87. The van der Waals surface area contributed by atoms with Gasteiger partial charge in [-0.3, -0.25) is 0 Å². The Hall–Kier alpha value is -1.09. The summed E-state index contributed by atoms with van der Waals surface area (Å²) in [5, 5.41) is 3.04. The first-order valence-corrected chi connectivity index (χ1v) is 6.16. The molecule has 3 heteroatoms. The summed E-state index contributed by atoms with van der Waals surface area (Å²) in [4.78, 5) is 4.48. The number of nitrogens with one attached hydrogen (secondary N) is 1. The number of pyridine rings is 1. The average molecular weight is 222 g/mol. The van der Waals surface area contributed by atoms with Gasteiger partial charge in [-0.25, -0.2) is 4.98 Å². The Bertz CT molecular complexity index is 296. The summed E-state index contributed by atoms with van der Waals surface area (Å²) >= 11 is 0. The van der Waals surface area contributed by atoms with Crippen molar-refractivity contribution in [3.05, 3.63) is 23.9 Å². The quantitative estimate of drug-likeness (QED) is 0.832. The van der Waals surface area contributed by atoms with E-state index in [0.29, 0.717) is 0 Å². The van der Waals surface area contributed by atoms with Gasteiger partial charge in [0.1, 0.15) is 5.82 Å². The molecule has 0 amide bonds.